The second-order valence-electron chi connectivity index (χ2n) is 6.41. The monoisotopic (exact) mass is 460 g/mol. The van der Waals surface area contributed by atoms with Crippen molar-refractivity contribution in [3.8, 4) is 17.1 Å². The molecule has 1 amide bonds. The fourth-order valence-electron chi connectivity index (χ4n) is 2.86. The van der Waals surface area contributed by atoms with E-state index in [1.54, 1.807) is 24.3 Å². The average Bonchev–Trinajstić information content (AvgIpc) is 3.12. The lowest BCUT2D eigenvalue weighted by Gasteiger charge is -2.10. The molecule has 2 N–H and O–H groups in total. The number of H-pyrrole nitrogens is 1. The van der Waals surface area contributed by atoms with Crippen LogP contribution in [-0.2, 0) is 0 Å². The first-order valence-corrected chi connectivity index (χ1v) is 9.59. The largest absolute Gasteiger partial charge is 0.348 e. The maximum Gasteiger partial charge on any atom is 0.348 e. The van der Waals surface area contributed by atoms with E-state index in [1.807, 2.05) is 0 Å². The molecule has 0 unspecified atom stereocenters. The molecule has 0 radical (unpaired) electrons. The van der Waals surface area contributed by atoms with Crippen LogP contribution in [0, 0.1) is 11.6 Å². The van der Waals surface area contributed by atoms with Crippen molar-refractivity contribution in [2.75, 3.05) is 5.32 Å². The van der Waals surface area contributed by atoms with Gasteiger partial charge in [-0.25, -0.2) is 13.6 Å². The smallest absolute Gasteiger partial charge is 0.319 e. The van der Waals surface area contributed by atoms with Crippen LogP contribution in [0.25, 0.3) is 17.1 Å². The van der Waals surface area contributed by atoms with E-state index in [0.717, 1.165) is 16.8 Å². The van der Waals surface area contributed by atoms with Crippen molar-refractivity contribution in [1.29, 1.82) is 0 Å². The topological polar surface area (TPSA) is 79.8 Å². The standard InChI is InChI=1S/C21H12Cl2F2N4O2/c22-11-5-7-12(8-6-11)29-21(31)27-19(28-29)14-9-18(17(25)10-15(14)23)26-20(30)13-3-1-2-4-16(13)24/h1-10H,(H,26,30)(H,27,28,31). The molecule has 1 heterocycles. The molecule has 4 aromatic rings. The van der Waals surface area contributed by atoms with Gasteiger partial charge in [-0.2, -0.15) is 4.68 Å². The maximum absolute atomic E-state index is 14.4. The van der Waals surface area contributed by atoms with E-state index < -0.39 is 23.2 Å². The highest BCUT2D eigenvalue weighted by molar-refractivity contribution is 6.33. The minimum Gasteiger partial charge on any atom is -0.319 e. The number of amides is 1. The van der Waals surface area contributed by atoms with Crippen LogP contribution in [0.15, 0.2) is 65.5 Å². The zero-order chi connectivity index (χ0) is 22.1. The fourth-order valence-corrected chi connectivity index (χ4v) is 3.23. The zero-order valence-electron chi connectivity index (χ0n) is 15.5. The Kier molecular flexibility index (Phi) is 5.58. The second kappa shape index (κ2) is 8.33. The van der Waals surface area contributed by atoms with E-state index in [2.05, 4.69) is 15.4 Å². The SMILES string of the molecule is O=C(Nc1cc(-c2nn(-c3ccc(Cl)cc3)c(=O)[nH]2)c(Cl)cc1F)c1ccccc1F. The van der Waals surface area contributed by atoms with E-state index in [4.69, 9.17) is 23.2 Å². The quantitative estimate of drug-likeness (QED) is 0.446. The summed E-state index contributed by atoms with van der Waals surface area (Å²) in [6, 6.07) is 13.9. The van der Waals surface area contributed by atoms with Gasteiger partial charge in [-0.3, -0.25) is 9.78 Å². The number of anilines is 1. The molecule has 0 spiro atoms. The minimum atomic E-state index is -0.842. The van der Waals surface area contributed by atoms with Crippen molar-refractivity contribution >= 4 is 34.8 Å². The van der Waals surface area contributed by atoms with Crippen LogP contribution in [0.5, 0.6) is 0 Å². The van der Waals surface area contributed by atoms with Crippen molar-refractivity contribution in [1.82, 2.24) is 14.8 Å². The number of aromatic amines is 1. The van der Waals surface area contributed by atoms with Gasteiger partial charge in [-0.15, -0.1) is 5.10 Å². The molecule has 31 heavy (non-hydrogen) atoms. The highest BCUT2D eigenvalue weighted by Crippen LogP contribution is 2.31. The molecule has 0 aliphatic rings. The number of aromatic nitrogens is 3. The van der Waals surface area contributed by atoms with Gasteiger partial charge < -0.3 is 5.32 Å². The summed E-state index contributed by atoms with van der Waals surface area (Å²) in [5, 5.41) is 6.95. The number of hydrogen-bond acceptors (Lipinski definition) is 3. The molecule has 4 rings (SSSR count). The third kappa shape index (κ3) is 4.21. The summed E-state index contributed by atoms with van der Waals surface area (Å²) in [6.07, 6.45) is 0. The first kappa shape index (κ1) is 20.8. The molecule has 0 saturated carbocycles. The van der Waals surface area contributed by atoms with Crippen LogP contribution in [-0.4, -0.2) is 20.7 Å². The fraction of sp³-hybridized carbons (Fsp3) is 0. The summed E-state index contributed by atoms with van der Waals surface area (Å²) in [6.45, 7) is 0. The number of carbonyl (C=O) groups is 1. The Bertz CT molecular complexity index is 1350. The van der Waals surface area contributed by atoms with Crippen molar-refractivity contribution in [2.45, 2.75) is 0 Å². The van der Waals surface area contributed by atoms with Gasteiger partial charge in [-0.05, 0) is 48.5 Å². The van der Waals surface area contributed by atoms with Crippen LogP contribution in [0.3, 0.4) is 0 Å². The molecular weight excluding hydrogens is 449 g/mol. The van der Waals surface area contributed by atoms with Gasteiger partial charge in [0, 0.05) is 10.6 Å². The highest BCUT2D eigenvalue weighted by atomic mass is 35.5. The summed E-state index contributed by atoms with van der Waals surface area (Å²) >= 11 is 12.0. The second-order valence-corrected chi connectivity index (χ2v) is 7.26. The van der Waals surface area contributed by atoms with Gasteiger partial charge in [0.05, 0.1) is 22.0 Å². The lowest BCUT2D eigenvalue weighted by molar-refractivity contribution is 0.102. The lowest BCUT2D eigenvalue weighted by atomic mass is 10.1. The van der Waals surface area contributed by atoms with E-state index in [1.165, 1.54) is 24.3 Å². The highest BCUT2D eigenvalue weighted by Gasteiger charge is 2.18. The predicted octanol–water partition coefficient (Wildman–Crippen LogP) is 5.06. The summed E-state index contributed by atoms with van der Waals surface area (Å²) in [5.74, 6) is -2.38. The number of hydrogen-bond donors (Lipinski definition) is 2. The number of rotatable bonds is 4. The third-order valence-electron chi connectivity index (χ3n) is 4.37. The Labute approximate surface area is 184 Å². The predicted molar refractivity (Wildman–Crippen MR) is 114 cm³/mol. The third-order valence-corrected chi connectivity index (χ3v) is 4.93. The van der Waals surface area contributed by atoms with Gasteiger partial charge in [0.25, 0.3) is 5.91 Å². The normalized spacial score (nSPS) is 10.8. The van der Waals surface area contributed by atoms with Gasteiger partial charge in [-0.1, -0.05) is 35.3 Å². The van der Waals surface area contributed by atoms with Crippen LogP contribution < -0.4 is 11.0 Å². The first-order chi connectivity index (χ1) is 14.8. The molecule has 6 nitrogen and oxygen atoms in total. The van der Waals surface area contributed by atoms with Gasteiger partial charge in [0.2, 0.25) is 0 Å². The number of nitrogens with zero attached hydrogens (tertiary/aromatic N) is 2. The summed E-state index contributed by atoms with van der Waals surface area (Å²) < 4.78 is 29.3. The Morgan fingerprint density at radius 2 is 1.71 bits per heavy atom. The van der Waals surface area contributed by atoms with Crippen molar-refractivity contribution in [2.24, 2.45) is 0 Å². The number of halogens is 4. The number of carbonyl (C=O) groups excluding carboxylic acids is 1. The van der Waals surface area contributed by atoms with Crippen LogP contribution in [0.2, 0.25) is 10.0 Å². The van der Waals surface area contributed by atoms with E-state index in [9.17, 15) is 18.4 Å². The molecule has 0 aliphatic carbocycles. The first-order valence-electron chi connectivity index (χ1n) is 8.84. The van der Waals surface area contributed by atoms with Gasteiger partial charge in [0.1, 0.15) is 11.6 Å². The molecule has 0 fully saturated rings. The molecule has 1 aromatic heterocycles. The molecular formula is C21H12Cl2F2N4O2. The van der Waals surface area contributed by atoms with E-state index in [-0.39, 0.29) is 27.7 Å². The van der Waals surface area contributed by atoms with E-state index in [0.29, 0.717) is 10.7 Å². The number of nitrogens with one attached hydrogen (secondary N) is 2. The molecule has 10 heteroatoms. The summed E-state index contributed by atoms with van der Waals surface area (Å²) in [7, 11) is 0. The Hall–Kier alpha value is -3.49. The van der Waals surface area contributed by atoms with Crippen molar-refractivity contribution in [3.05, 3.63) is 98.4 Å². The lowest BCUT2D eigenvalue weighted by Crippen LogP contribution is -2.15. The average molecular weight is 461 g/mol. The Morgan fingerprint density at radius 3 is 2.42 bits per heavy atom. The van der Waals surface area contributed by atoms with Crippen LogP contribution in [0.1, 0.15) is 10.4 Å². The van der Waals surface area contributed by atoms with Crippen molar-refractivity contribution in [3.63, 3.8) is 0 Å². The summed E-state index contributed by atoms with van der Waals surface area (Å²) in [5.41, 5.74) is -0.456. The maximum atomic E-state index is 14.4. The molecule has 0 aliphatic heterocycles. The van der Waals surface area contributed by atoms with E-state index >= 15 is 0 Å². The van der Waals surface area contributed by atoms with Crippen molar-refractivity contribution < 1.29 is 13.6 Å². The Morgan fingerprint density at radius 1 is 1.00 bits per heavy atom. The molecule has 156 valence electrons. The summed E-state index contributed by atoms with van der Waals surface area (Å²) in [4.78, 5) is 27.2. The zero-order valence-corrected chi connectivity index (χ0v) is 17.0. The van der Waals surface area contributed by atoms with Gasteiger partial charge >= 0.3 is 5.69 Å². The van der Waals surface area contributed by atoms with Crippen LogP contribution in [0.4, 0.5) is 14.5 Å². The Balaban J connectivity index is 1.71. The molecule has 0 saturated heterocycles. The minimum absolute atomic E-state index is 0.0432. The molecule has 3 aromatic carbocycles. The molecule has 0 atom stereocenters. The number of benzene rings is 3. The molecule has 0 bridgehead atoms. The van der Waals surface area contributed by atoms with Gasteiger partial charge in [0.15, 0.2) is 5.82 Å². The van der Waals surface area contributed by atoms with Crippen LogP contribution >= 0.6 is 23.2 Å².